The number of rotatable bonds is 8. The minimum atomic E-state index is -3.53. The van der Waals surface area contributed by atoms with Crippen molar-refractivity contribution in [2.24, 2.45) is 0 Å². The van der Waals surface area contributed by atoms with Crippen LogP contribution in [-0.2, 0) is 9.84 Å². The summed E-state index contributed by atoms with van der Waals surface area (Å²) in [5.74, 6) is -0.164. The average Bonchev–Trinajstić information content (AvgIpc) is 3.06. The molecule has 1 fully saturated rings. The molecule has 1 atom stereocenters. The molecule has 1 aromatic carbocycles. The molecule has 1 aliphatic rings. The van der Waals surface area contributed by atoms with Gasteiger partial charge in [-0.05, 0) is 38.4 Å². The lowest BCUT2D eigenvalue weighted by Crippen LogP contribution is -2.40. The van der Waals surface area contributed by atoms with Crippen LogP contribution in [0.1, 0.15) is 43.5 Å². The summed E-state index contributed by atoms with van der Waals surface area (Å²) in [5.41, 5.74) is 6.13. The van der Waals surface area contributed by atoms with Crippen LogP contribution in [0, 0.1) is 0 Å². The first-order valence-electron chi connectivity index (χ1n) is 9.06. The number of hydrogen-bond acceptors (Lipinski definition) is 6. The van der Waals surface area contributed by atoms with Crippen molar-refractivity contribution in [2.45, 2.75) is 44.0 Å². The van der Waals surface area contributed by atoms with E-state index in [1.165, 1.54) is 19.2 Å². The number of carbonyl (C=O) groups is 1. The van der Waals surface area contributed by atoms with Gasteiger partial charge in [0.05, 0.1) is 29.0 Å². The van der Waals surface area contributed by atoms with Crippen molar-refractivity contribution in [1.82, 2.24) is 10.2 Å². The summed E-state index contributed by atoms with van der Waals surface area (Å²) in [6, 6.07) is 3.04. The first-order chi connectivity index (χ1) is 12.3. The molecule has 0 bridgehead atoms. The van der Waals surface area contributed by atoms with Crippen molar-refractivity contribution in [1.29, 1.82) is 0 Å². The standard InChI is InChI=1S/C18H29N3O4S/c1-4-8-21-9-6-7-13(21)12-20-18(22)14-10-17(26(23,24)5-2)15(19)11-16(14)25-3/h10-11,13H,4-9,12,19H2,1-3H3,(H,20,22). The third-order valence-corrected chi connectivity index (χ3v) is 6.58. The van der Waals surface area contributed by atoms with Gasteiger partial charge in [0.2, 0.25) is 0 Å². The molecule has 8 heteroatoms. The van der Waals surface area contributed by atoms with E-state index in [4.69, 9.17) is 10.5 Å². The van der Waals surface area contributed by atoms with Gasteiger partial charge in [-0.1, -0.05) is 13.8 Å². The predicted octanol–water partition coefficient (Wildman–Crippen LogP) is 1.68. The molecule has 0 aromatic heterocycles. The molecule has 1 saturated heterocycles. The first kappa shape index (κ1) is 20.5. The maximum atomic E-state index is 12.7. The molecule has 3 N–H and O–H groups in total. The van der Waals surface area contributed by atoms with Crippen LogP contribution in [-0.4, -0.2) is 57.8 Å². The molecule has 7 nitrogen and oxygen atoms in total. The zero-order valence-electron chi connectivity index (χ0n) is 15.7. The summed E-state index contributed by atoms with van der Waals surface area (Å²) in [7, 11) is -2.10. The summed E-state index contributed by atoms with van der Waals surface area (Å²) in [6.07, 6.45) is 3.26. The van der Waals surface area contributed by atoms with Crippen LogP contribution < -0.4 is 15.8 Å². The molecule has 0 aliphatic carbocycles. The van der Waals surface area contributed by atoms with Gasteiger partial charge in [-0.15, -0.1) is 0 Å². The second-order valence-corrected chi connectivity index (χ2v) is 8.78. The Hall–Kier alpha value is -1.80. The van der Waals surface area contributed by atoms with Gasteiger partial charge in [-0.25, -0.2) is 8.42 Å². The van der Waals surface area contributed by atoms with Gasteiger partial charge >= 0.3 is 0 Å². The lowest BCUT2D eigenvalue weighted by atomic mass is 10.1. The van der Waals surface area contributed by atoms with Gasteiger partial charge in [0.1, 0.15) is 5.75 Å². The number of carbonyl (C=O) groups excluding carboxylic acids is 1. The number of likely N-dealkylation sites (tertiary alicyclic amines) is 1. The summed E-state index contributed by atoms with van der Waals surface area (Å²) < 4.78 is 29.7. The van der Waals surface area contributed by atoms with Crippen molar-refractivity contribution < 1.29 is 17.9 Å². The van der Waals surface area contributed by atoms with Crippen molar-refractivity contribution in [3.8, 4) is 5.75 Å². The third kappa shape index (κ3) is 4.48. The van der Waals surface area contributed by atoms with Crippen molar-refractivity contribution >= 4 is 21.4 Å². The normalized spacial score (nSPS) is 18.0. The number of hydrogen-bond donors (Lipinski definition) is 2. The van der Waals surface area contributed by atoms with E-state index >= 15 is 0 Å². The quantitative estimate of drug-likeness (QED) is 0.662. The van der Waals surface area contributed by atoms with E-state index in [9.17, 15) is 13.2 Å². The summed E-state index contributed by atoms with van der Waals surface area (Å²) in [5, 5.41) is 2.92. The van der Waals surface area contributed by atoms with E-state index in [0.29, 0.717) is 12.6 Å². The number of methoxy groups -OCH3 is 1. The van der Waals surface area contributed by atoms with Crippen LogP contribution >= 0.6 is 0 Å². The first-order valence-corrected chi connectivity index (χ1v) is 10.7. The fourth-order valence-corrected chi connectivity index (χ4v) is 4.39. The Labute approximate surface area is 155 Å². The third-order valence-electron chi connectivity index (χ3n) is 4.80. The van der Waals surface area contributed by atoms with Crippen LogP contribution in [0.5, 0.6) is 5.75 Å². The van der Waals surface area contributed by atoms with Gasteiger partial charge in [0.25, 0.3) is 5.91 Å². The van der Waals surface area contributed by atoms with Gasteiger partial charge in [0, 0.05) is 18.7 Å². The molecule has 1 aliphatic heterocycles. The lowest BCUT2D eigenvalue weighted by molar-refractivity contribution is 0.0937. The smallest absolute Gasteiger partial charge is 0.255 e. The minimum absolute atomic E-state index is 0.0283. The molecule has 0 saturated carbocycles. The van der Waals surface area contributed by atoms with Crippen LogP contribution in [0.25, 0.3) is 0 Å². The Morgan fingerprint density at radius 2 is 2.12 bits per heavy atom. The lowest BCUT2D eigenvalue weighted by Gasteiger charge is -2.24. The molecule has 26 heavy (non-hydrogen) atoms. The Balaban J connectivity index is 2.21. The largest absolute Gasteiger partial charge is 0.496 e. The molecular weight excluding hydrogens is 354 g/mol. The predicted molar refractivity (Wildman–Crippen MR) is 102 cm³/mol. The molecule has 2 rings (SSSR count). The van der Waals surface area contributed by atoms with Gasteiger partial charge < -0.3 is 15.8 Å². The highest BCUT2D eigenvalue weighted by molar-refractivity contribution is 7.91. The zero-order chi connectivity index (χ0) is 19.3. The van der Waals surface area contributed by atoms with E-state index in [-0.39, 0.29) is 33.6 Å². The maximum Gasteiger partial charge on any atom is 0.255 e. The highest BCUT2D eigenvalue weighted by Gasteiger charge is 2.26. The Morgan fingerprint density at radius 3 is 2.73 bits per heavy atom. The molecule has 0 spiro atoms. The van der Waals surface area contributed by atoms with E-state index < -0.39 is 9.84 Å². The van der Waals surface area contributed by atoms with Gasteiger partial charge in [-0.3, -0.25) is 9.69 Å². The topological polar surface area (TPSA) is 102 Å². The number of anilines is 1. The Bertz CT molecular complexity index is 749. The second-order valence-electron chi connectivity index (χ2n) is 6.54. The number of nitrogens with one attached hydrogen (secondary N) is 1. The number of nitrogens with zero attached hydrogens (tertiary/aromatic N) is 1. The zero-order valence-corrected chi connectivity index (χ0v) is 16.6. The number of sulfone groups is 1. The molecule has 1 unspecified atom stereocenters. The summed E-state index contributed by atoms with van der Waals surface area (Å²) in [4.78, 5) is 15.0. The Kier molecular flexibility index (Phi) is 6.88. The fraction of sp³-hybridized carbons (Fsp3) is 0.611. The summed E-state index contributed by atoms with van der Waals surface area (Å²) >= 11 is 0. The number of nitrogen functional groups attached to an aromatic ring is 1. The highest BCUT2D eigenvalue weighted by Crippen LogP contribution is 2.29. The highest BCUT2D eigenvalue weighted by atomic mass is 32.2. The van der Waals surface area contributed by atoms with Crippen molar-refractivity contribution in [2.75, 3.05) is 38.2 Å². The van der Waals surface area contributed by atoms with E-state index in [1.54, 1.807) is 6.92 Å². The molecule has 1 amide bonds. The monoisotopic (exact) mass is 383 g/mol. The van der Waals surface area contributed by atoms with Crippen molar-refractivity contribution in [3.63, 3.8) is 0 Å². The van der Waals surface area contributed by atoms with Gasteiger partial charge in [0.15, 0.2) is 9.84 Å². The van der Waals surface area contributed by atoms with Crippen LogP contribution in [0.3, 0.4) is 0 Å². The number of amides is 1. The minimum Gasteiger partial charge on any atom is -0.496 e. The Morgan fingerprint density at radius 1 is 1.38 bits per heavy atom. The van der Waals surface area contributed by atoms with Crippen LogP contribution in [0.4, 0.5) is 5.69 Å². The van der Waals surface area contributed by atoms with Crippen LogP contribution in [0.15, 0.2) is 17.0 Å². The SMILES string of the molecule is CCCN1CCCC1CNC(=O)c1cc(S(=O)(=O)CC)c(N)cc1OC. The fourth-order valence-electron chi connectivity index (χ4n) is 3.36. The van der Waals surface area contributed by atoms with Crippen LogP contribution in [0.2, 0.25) is 0 Å². The average molecular weight is 384 g/mol. The molecular formula is C18H29N3O4S. The van der Waals surface area contributed by atoms with E-state index in [1.807, 2.05) is 0 Å². The molecule has 0 radical (unpaired) electrons. The summed E-state index contributed by atoms with van der Waals surface area (Å²) in [6.45, 7) is 6.29. The second kappa shape index (κ2) is 8.73. The van der Waals surface area contributed by atoms with E-state index in [2.05, 4.69) is 17.1 Å². The number of benzene rings is 1. The maximum absolute atomic E-state index is 12.7. The van der Waals surface area contributed by atoms with E-state index in [0.717, 1.165) is 32.4 Å². The molecule has 1 heterocycles. The number of nitrogens with two attached hydrogens (primary N) is 1. The van der Waals surface area contributed by atoms with Gasteiger partial charge in [-0.2, -0.15) is 0 Å². The molecule has 1 aromatic rings. The van der Waals surface area contributed by atoms with Crippen molar-refractivity contribution in [3.05, 3.63) is 17.7 Å². The number of ether oxygens (including phenoxy) is 1. The molecule has 146 valence electrons.